The van der Waals surface area contributed by atoms with Crippen LogP contribution in [0.25, 0.3) is 22.7 Å². The van der Waals surface area contributed by atoms with Crippen LogP contribution in [-0.4, -0.2) is 35.3 Å². The van der Waals surface area contributed by atoms with Gasteiger partial charge in [-0.05, 0) is 53.6 Å². The average Bonchev–Trinajstić information content (AvgIpc) is 3.29. The third kappa shape index (κ3) is 4.84. The first-order chi connectivity index (χ1) is 16.5. The first-order valence-electron chi connectivity index (χ1n) is 10.3. The number of imidazole rings is 1. The van der Waals surface area contributed by atoms with Gasteiger partial charge in [0.05, 0.1) is 36.4 Å². The molecule has 0 saturated carbocycles. The summed E-state index contributed by atoms with van der Waals surface area (Å²) in [6.45, 7) is 0.247. The Morgan fingerprint density at radius 1 is 1.06 bits per heavy atom. The number of H-pyrrole nitrogens is 1. The Bertz CT molecular complexity index is 1410. The number of methoxy groups -OCH3 is 2. The monoisotopic (exact) mass is 455 g/mol. The Balaban J connectivity index is 1.55. The number of ether oxygens (including phenoxy) is 3. The molecule has 0 bridgehead atoms. The highest BCUT2D eigenvalue weighted by atomic mass is 16.5. The molecule has 0 saturated heterocycles. The number of rotatable bonds is 8. The highest BCUT2D eigenvalue weighted by Gasteiger charge is 2.11. The van der Waals surface area contributed by atoms with Crippen molar-refractivity contribution in [2.75, 3.05) is 14.2 Å². The van der Waals surface area contributed by atoms with Crippen molar-refractivity contribution in [3.05, 3.63) is 83.2 Å². The van der Waals surface area contributed by atoms with E-state index in [-0.39, 0.29) is 12.2 Å². The van der Waals surface area contributed by atoms with E-state index in [1.807, 2.05) is 24.3 Å². The molecule has 0 aliphatic rings. The van der Waals surface area contributed by atoms with Crippen LogP contribution in [0.3, 0.4) is 0 Å². The summed E-state index contributed by atoms with van der Waals surface area (Å²) in [5.74, 6) is 1.20. The van der Waals surface area contributed by atoms with Gasteiger partial charge >= 0.3 is 5.97 Å². The van der Waals surface area contributed by atoms with E-state index in [1.54, 1.807) is 37.5 Å². The van der Waals surface area contributed by atoms with Crippen LogP contribution >= 0.6 is 0 Å². The van der Waals surface area contributed by atoms with Gasteiger partial charge in [0.2, 0.25) is 0 Å². The van der Waals surface area contributed by atoms with Crippen LogP contribution in [0, 0.1) is 11.3 Å². The topological polar surface area (TPSA) is 117 Å². The minimum Gasteiger partial charge on any atom is -0.497 e. The molecule has 3 aromatic carbocycles. The fourth-order valence-electron chi connectivity index (χ4n) is 3.36. The van der Waals surface area contributed by atoms with Gasteiger partial charge in [0.1, 0.15) is 24.3 Å². The molecular formula is C26H21N3O5. The maximum Gasteiger partial charge on any atom is 0.335 e. The zero-order valence-electron chi connectivity index (χ0n) is 18.5. The van der Waals surface area contributed by atoms with Gasteiger partial charge in [0, 0.05) is 6.07 Å². The average molecular weight is 455 g/mol. The van der Waals surface area contributed by atoms with E-state index in [4.69, 9.17) is 19.3 Å². The van der Waals surface area contributed by atoms with E-state index < -0.39 is 5.97 Å². The standard InChI is InChI=1S/C26H21N3O5/c1-32-20-8-9-21-22(13-20)29-25(28-21)19(14-27)11-17-5-10-23(24(12-17)33-2)34-15-16-3-6-18(7-4-16)26(30)31/h3-13H,15H2,1-2H3,(H,28,29)(H,30,31)/b19-11+. The van der Waals surface area contributed by atoms with Crippen molar-refractivity contribution in [2.45, 2.75) is 6.61 Å². The number of nitriles is 1. The summed E-state index contributed by atoms with van der Waals surface area (Å²) in [4.78, 5) is 18.6. The lowest BCUT2D eigenvalue weighted by molar-refractivity contribution is 0.0697. The lowest BCUT2D eigenvalue weighted by Gasteiger charge is -2.12. The van der Waals surface area contributed by atoms with E-state index in [0.717, 1.165) is 22.2 Å². The lowest BCUT2D eigenvalue weighted by atomic mass is 10.1. The van der Waals surface area contributed by atoms with E-state index in [9.17, 15) is 10.1 Å². The number of aromatic carboxylic acids is 1. The quantitative estimate of drug-likeness (QED) is 0.362. The second-order valence-corrected chi connectivity index (χ2v) is 7.34. The zero-order valence-corrected chi connectivity index (χ0v) is 18.5. The highest BCUT2D eigenvalue weighted by Crippen LogP contribution is 2.31. The molecule has 0 aliphatic heterocycles. The summed E-state index contributed by atoms with van der Waals surface area (Å²) in [5.41, 5.74) is 3.65. The van der Waals surface area contributed by atoms with Crippen LogP contribution in [0.15, 0.2) is 60.7 Å². The van der Waals surface area contributed by atoms with Gasteiger partial charge in [-0.2, -0.15) is 5.26 Å². The number of nitrogens with zero attached hydrogens (tertiary/aromatic N) is 2. The van der Waals surface area contributed by atoms with Gasteiger partial charge in [-0.15, -0.1) is 0 Å². The Morgan fingerprint density at radius 3 is 2.53 bits per heavy atom. The van der Waals surface area contributed by atoms with Crippen molar-refractivity contribution < 1.29 is 24.1 Å². The normalized spacial score (nSPS) is 11.1. The maximum atomic E-state index is 11.0. The van der Waals surface area contributed by atoms with Crippen molar-refractivity contribution in [3.63, 3.8) is 0 Å². The predicted molar refractivity (Wildman–Crippen MR) is 127 cm³/mol. The number of aromatic amines is 1. The van der Waals surface area contributed by atoms with Crippen molar-refractivity contribution in [2.24, 2.45) is 0 Å². The summed E-state index contributed by atoms with van der Waals surface area (Å²) >= 11 is 0. The number of carboxylic acid groups (broad SMARTS) is 1. The smallest absolute Gasteiger partial charge is 0.335 e. The van der Waals surface area contributed by atoms with Crippen LogP contribution < -0.4 is 14.2 Å². The molecule has 170 valence electrons. The Hall–Kier alpha value is -4.77. The molecule has 0 spiro atoms. The number of aromatic nitrogens is 2. The van der Waals surface area contributed by atoms with Gasteiger partial charge in [-0.1, -0.05) is 18.2 Å². The molecule has 2 N–H and O–H groups in total. The minimum absolute atomic E-state index is 0.217. The molecule has 8 heteroatoms. The van der Waals surface area contributed by atoms with Crippen LogP contribution in [0.4, 0.5) is 0 Å². The number of carbonyl (C=O) groups is 1. The number of allylic oxidation sites excluding steroid dienone is 1. The molecule has 0 radical (unpaired) electrons. The van der Waals surface area contributed by atoms with E-state index in [0.29, 0.717) is 28.6 Å². The number of hydrogen-bond acceptors (Lipinski definition) is 6. The maximum absolute atomic E-state index is 11.0. The zero-order chi connectivity index (χ0) is 24.1. The first-order valence-corrected chi connectivity index (χ1v) is 10.3. The molecule has 0 atom stereocenters. The number of carboxylic acids is 1. The molecule has 0 aliphatic carbocycles. The Labute approximate surface area is 195 Å². The molecule has 1 heterocycles. The fraction of sp³-hybridized carbons (Fsp3) is 0.115. The second-order valence-electron chi connectivity index (χ2n) is 7.34. The number of nitrogens with one attached hydrogen (secondary N) is 1. The molecule has 8 nitrogen and oxygen atoms in total. The van der Waals surface area contributed by atoms with Crippen molar-refractivity contribution in [3.8, 4) is 23.3 Å². The molecule has 4 rings (SSSR count). The van der Waals surface area contributed by atoms with E-state index in [1.165, 1.54) is 19.2 Å². The molecule has 34 heavy (non-hydrogen) atoms. The molecule has 1 aromatic heterocycles. The van der Waals surface area contributed by atoms with E-state index in [2.05, 4.69) is 16.0 Å². The summed E-state index contributed by atoms with van der Waals surface area (Å²) < 4.78 is 16.6. The number of hydrogen-bond donors (Lipinski definition) is 2. The van der Waals surface area contributed by atoms with Gasteiger partial charge in [-0.25, -0.2) is 9.78 Å². The summed E-state index contributed by atoms with van der Waals surface area (Å²) in [6.07, 6.45) is 1.71. The van der Waals surface area contributed by atoms with Gasteiger partial charge in [0.25, 0.3) is 0 Å². The Morgan fingerprint density at radius 2 is 1.85 bits per heavy atom. The van der Waals surface area contributed by atoms with Gasteiger partial charge in [-0.3, -0.25) is 0 Å². The first kappa shape index (κ1) is 22.4. The van der Waals surface area contributed by atoms with Crippen molar-refractivity contribution >= 4 is 28.7 Å². The molecular weight excluding hydrogens is 434 g/mol. The predicted octanol–water partition coefficient (Wildman–Crippen LogP) is 4.92. The van der Waals surface area contributed by atoms with Crippen LogP contribution in [0.1, 0.15) is 27.3 Å². The number of benzene rings is 3. The van der Waals surface area contributed by atoms with Crippen molar-refractivity contribution in [1.82, 2.24) is 9.97 Å². The largest absolute Gasteiger partial charge is 0.497 e. The van der Waals surface area contributed by atoms with E-state index >= 15 is 0 Å². The van der Waals surface area contributed by atoms with Crippen LogP contribution in [0.5, 0.6) is 17.2 Å². The van der Waals surface area contributed by atoms with Crippen LogP contribution in [-0.2, 0) is 6.61 Å². The van der Waals surface area contributed by atoms with Gasteiger partial charge < -0.3 is 24.3 Å². The minimum atomic E-state index is -0.975. The molecule has 4 aromatic rings. The summed E-state index contributed by atoms with van der Waals surface area (Å²) in [5, 5.41) is 18.7. The lowest BCUT2D eigenvalue weighted by Crippen LogP contribution is -2.00. The van der Waals surface area contributed by atoms with Crippen molar-refractivity contribution in [1.29, 1.82) is 5.26 Å². The number of fused-ring (bicyclic) bond motifs is 1. The molecule has 0 fully saturated rings. The van der Waals surface area contributed by atoms with Crippen LogP contribution in [0.2, 0.25) is 0 Å². The summed E-state index contributed by atoms with van der Waals surface area (Å²) in [6, 6.07) is 19.5. The molecule has 0 amide bonds. The SMILES string of the molecule is COc1ccc2nc(/C(C#N)=C/c3ccc(OCc4ccc(C(=O)O)cc4)c(OC)c3)[nH]c2c1. The van der Waals surface area contributed by atoms with Gasteiger partial charge in [0.15, 0.2) is 11.5 Å². The Kier molecular flexibility index (Phi) is 6.46. The second kappa shape index (κ2) is 9.79. The highest BCUT2D eigenvalue weighted by molar-refractivity contribution is 5.91. The molecule has 0 unspecified atom stereocenters. The summed E-state index contributed by atoms with van der Waals surface area (Å²) in [7, 11) is 3.13. The fourth-order valence-corrected chi connectivity index (χ4v) is 3.36. The third-order valence-electron chi connectivity index (χ3n) is 5.16. The third-order valence-corrected chi connectivity index (χ3v) is 5.16.